The highest BCUT2D eigenvalue weighted by Gasteiger charge is 2.19. The van der Waals surface area contributed by atoms with Crippen LogP contribution in [0.4, 0.5) is 0 Å². The summed E-state index contributed by atoms with van der Waals surface area (Å²) >= 11 is 0. The molecular weight excluding hydrogens is 685 g/mol. The van der Waals surface area contributed by atoms with Crippen LogP contribution in [0.15, 0.2) is 199 Å². The van der Waals surface area contributed by atoms with Gasteiger partial charge in [-0.25, -0.2) is 15.0 Å². The van der Waals surface area contributed by atoms with Gasteiger partial charge in [0.1, 0.15) is 11.2 Å². The Bertz CT molecular complexity index is 3210. The molecule has 0 aliphatic carbocycles. The summed E-state index contributed by atoms with van der Waals surface area (Å²) in [5, 5.41) is 4.51. The molecule has 3 aromatic heterocycles. The van der Waals surface area contributed by atoms with Gasteiger partial charge in [0.05, 0.1) is 11.0 Å². The number of furan rings is 1. The number of para-hydroxylation sites is 3. The van der Waals surface area contributed by atoms with Gasteiger partial charge < -0.3 is 8.98 Å². The lowest BCUT2D eigenvalue weighted by molar-refractivity contribution is 0.669. The third-order valence-corrected chi connectivity index (χ3v) is 10.7. The van der Waals surface area contributed by atoms with Crippen molar-refractivity contribution in [1.82, 2.24) is 19.5 Å². The molecule has 8 aromatic carbocycles. The number of hydrogen-bond acceptors (Lipinski definition) is 4. The fourth-order valence-electron chi connectivity index (χ4n) is 8.10. The second kappa shape index (κ2) is 13.0. The van der Waals surface area contributed by atoms with E-state index in [1.807, 2.05) is 36.4 Å². The summed E-state index contributed by atoms with van der Waals surface area (Å²) in [4.78, 5) is 15.8. The van der Waals surface area contributed by atoms with Crippen LogP contribution in [-0.2, 0) is 0 Å². The summed E-state index contributed by atoms with van der Waals surface area (Å²) in [5.74, 6) is 1.78. The Morgan fingerprint density at radius 3 is 1.57 bits per heavy atom. The predicted molar refractivity (Wildman–Crippen MR) is 229 cm³/mol. The lowest BCUT2D eigenvalue weighted by Crippen LogP contribution is -2.02. The first kappa shape index (κ1) is 31.9. The van der Waals surface area contributed by atoms with Crippen molar-refractivity contribution in [3.63, 3.8) is 0 Å². The van der Waals surface area contributed by atoms with Gasteiger partial charge in [-0.3, -0.25) is 0 Å². The van der Waals surface area contributed by atoms with Gasteiger partial charge in [0.2, 0.25) is 0 Å². The van der Waals surface area contributed by atoms with Crippen LogP contribution in [0.1, 0.15) is 0 Å². The molecule has 0 saturated heterocycles. The molecule has 0 saturated carbocycles. The molecule has 11 aromatic rings. The van der Waals surface area contributed by atoms with Crippen molar-refractivity contribution >= 4 is 43.7 Å². The van der Waals surface area contributed by atoms with E-state index in [0.717, 1.165) is 77.6 Å². The molecule has 0 N–H and O–H groups in total. The Morgan fingerprint density at radius 1 is 0.321 bits per heavy atom. The number of fused-ring (bicyclic) bond motifs is 6. The van der Waals surface area contributed by atoms with Gasteiger partial charge in [-0.05, 0) is 70.8 Å². The van der Waals surface area contributed by atoms with Crippen molar-refractivity contribution in [2.24, 2.45) is 0 Å². The summed E-state index contributed by atoms with van der Waals surface area (Å²) in [7, 11) is 0. The lowest BCUT2D eigenvalue weighted by Gasteiger charge is -2.15. The van der Waals surface area contributed by atoms with Gasteiger partial charge in [-0.1, -0.05) is 146 Å². The molecule has 5 nitrogen and oxygen atoms in total. The first-order valence-electron chi connectivity index (χ1n) is 18.8. The van der Waals surface area contributed by atoms with Crippen molar-refractivity contribution in [3.05, 3.63) is 194 Å². The largest absolute Gasteiger partial charge is 0.456 e. The summed E-state index contributed by atoms with van der Waals surface area (Å²) < 4.78 is 8.52. The van der Waals surface area contributed by atoms with E-state index in [1.54, 1.807) is 0 Å². The van der Waals surface area contributed by atoms with Crippen molar-refractivity contribution in [1.29, 1.82) is 0 Å². The molecule has 0 radical (unpaired) electrons. The Hall–Kier alpha value is -7.63. The fourth-order valence-corrected chi connectivity index (χ4v) is 8.10. The van der Waals surface area contributed by atoms with Gasteiger partial charge in [0.15, 0.2) is 17.5 Å². The summed E-state index contributed by atoms with van der Waals surface area (Å²) in [6.45, 7) is 0. The van der Waals surface area contributed by atoms with Gasteiger partial charge in [0, 0.05) is 43.9 Å². The SMILES string of the molecule is c1ccc(-c2ccccc2-c2ccccc2-c2nc(-c3cccc(-n4c5ccccc5c5ccccc54)c3)nc(-c3ccc4oc5ccccc5c4c3)n2)cc1. The summed E-state index contributed by atoms with van der Waals surface area (Å²) in [5.41, 5.74) is 12.2. The Balaban J connectivity index is 1.13. The van der Waals surface area contributed by atoms with Crippen LogP contribution in [0.25, 0.3) is 106 Å². The first-order chi connectivity index (χ1) is 27.8. The second-order valence-electron chi connectivity index (χ2n) is 14.0. The van der Waals surface area contributed by atoms with E-state index < -0.39 is 0 Å². The monoisotopic (exact) mass is 716 g/mol. The number of benzene rings is 8. The minimum Gasteiger partial charge on any atom is -0.456 e. The predicted octanol–water partition coefficient (Wildman–Crippen LogP) is 13.2. The van der Waals surface area contributed by atoms with Crippen molar-refractivity contribution < 1.29 is 4.42 Å². The van der Waals surface area contributed by atoms with E-state index in [1.165, 1.54) is 10.8 Å². The van der Waals surface area contributed by atoms with Crippen LogP contribution < -0.4 is 0 Å². The molecule has 11 rings (SSSR count). The zero-order valence-corrected chi connectivity index (χ0v) is 30.2. The maximum atomic E-state index is 6.20. The van der Waals surface area contributed by atoms with E-state index in [9.17, 15) is 0 Å². The summed E-state index contributed by atoms with van der Waals surface area (Å²) in [6, 6.07) is 67.4. The van der Waals surface area contributed by atoms with Crippen LogP contribution in [0.5, 0.6) is 0 Å². The standard InChI is InChI=1S/C51H32N4O/c1-2-15-33(16-3-1)37-19-4-5-20-38(37)39-21-6-7-25-43(39)51-53-49(52-50(54-51)35-29-30-48-44(32-35)42-24-10-13-28-47(42)56-48)34-17-14-18-36(31-34)55-45-26-11-8-22-40(45)41-23-9-12-27-46(41)55/h1-32H. The fraction of sp³-hybridized carbons (Fsp3) is 0. The van der Waals surface area contributed by atoms with Crippen molar-refractivity contribution in [3.8, 4) is 62.1 Å². The van der Waals surface area contributed by atoms with Crippen LogP contribution in [0, 0.1) is 0 Å². The number of aromatic nitrogens is 4. The topological polar surface area (TPSA) is 56.7 Å². The Labute approximate surface area is 322 Å². The van der Waals surface area contributed by atoms with Crippen molar-refractivity contribution in [2.45, 2.75) is 0 Å². The van der Waals surface area contributed by atoms with Gasteiger partial charge in [0.25, 0.3) is 0 Å². The third-order valence-electron chi connectivity index (χ3n) is 10.7. The molecule has 0 atom stereocenters. The highest BCUT2D eigenvalue weighted by molar-refractivity contribution is 6.09. The normalized spacial score (nSPS) is 11.6. The maximum Gasteiger partial charge on any atom is 0.164 e. The molecule has 0 bridgehead atoms. The van der Waals surface area contributed by atoms with Crippen LogP contribution >= 0.6 is 0 Å². The average Bonchev–Trinajstić information content (AvgIpc) is 3.82. The molecule has 262 valence electrons. The van der Waals surface area contributed by atoms with Gasteiger partial charge >= 0.3 is 0 Å². The van der Waals surface area contributed by atoms with Gasteiger partial charge in [-0.2, -0.15) is 0 Å². The third kappa shape index (κ3) is 5.29. The quantitative estimate of drug-likeness (QED) is 0.172. The zero-order valence-electron chi connectivity index (χ0n) is 30.2. The van der Waals surface area contributed by atoms with Crippen LogP contribution in [0.3, 0.4) is 0 Å². The van der Waals surface area contributed by atoms with E-state index in [0.29, 0.717) is 17.5 Å². The molecule has 0 aliphatic heterocycles. The number of hydrogen-bond donors (Lipinski definition) is 0. The molecule has 56 heavy (non-hydrogen) atoms. The first-order valence-corrected chi connectivity index (χ1v) is 18.8. The Kier molecular flexibility index (Phi) is 7.42. The minimum absolute atomic E-state index is 0.589. The molecule has 0 unspecified atom stereocenters. The molecular formula is C51H32N4O. The Morgan fingerprint density at radius 2 is 0.839 bits per heavy atom. The molecule has 0 amide bonds. The van der Waals surface area contributed by atoms with Crippen molar-refractivity contribution in [2.75, 3.05) is 0 Å². The molecule has 0 fully saturated rings. The van der Waals surface area contributed by atoms with E-state index >= 15 is 0 Å². The highest BCUT2D eigenvalue weighted by atomic mass is 16.3. The van der Waals surface area contributed by atoms with E-state index in [-0.39, 0.29) is 0 Å². The minimum atomic E-state index is 0.589. The maximum absolute atomic E-state index is 6.20. The van der Waals surface area contributed by atoms with Crippen LogP contribution in [0.2, 0.25) is 0 Å². The highest BCUT2D eigenvalue weighted by Crippen LogP contribution is 2.39. The number of nitrogens with zero attached hydrogens (tertiary/aromatic N) is 4. The second-order valence-corrected chi connectivity index (χ2v) is 14.0. The average molecular weight is 717 g/mol. The van der Waals surface area contributed by atoms with Crippen LogP contribution in [-0.4, -0.2) is 19.5 Å². The van der Waals surface area contributed by atoms with Gasteiger partial charge in [-0.15, -0.1) is 0 Å². The molecule has 5 heteroatoms. The van der Waals surface area contributed by atoms with E-state index in [2.05, 4.69) is 162 Å². The smallest absolute Gasteiger partial charge is 0.164 e. The molecule has 0 spiro atoms. The summed E-state index contributed by atoms with van der Waals surface area (Å²) in [6.07, 6.45) is 0. The lowest BCUT2D eigenvalue weighted by atomic mass is 9.91. The molecule has 3 heterocycles. The molecule has 0 aliphatic rings. The zero-order chi connectivity index (χ0) is 37.0. The van der Waals surface area contributed by atoms with E-state index in [4.69, 9.17) is 19.4 Å². The number of rotatable bonds is 6.